The number of nitrogens with zero attached hydrogens (tertiary/aromatic N) is 3. The molecule has 3 rings (SSSR count). The second-order valence-electron chi connectivity index (χ2n) is 9.95. The first kappa shape index (κ1) is 30.4. The van der Waals surface area contributed by atoms with Crippen LogP contribution in [0.25, 0.3) is 0 Å². The van der Waals surface area contributed by atoms with E-state index in [2.05, 4.69) is 61.1 Å². The average Bonchev–Trinajstić information content (AvgIpc) is 3.37. The summed E-state index contributed by atoms with van der Waals surface area (Å²) in [4.78, 5) is 8.98. The van der Waals surface area contributed by atoms with Crippen molar-refractivity contribution in [3.8, 4) is 5.75 Å². The van der Waals surface area contributed by atoms with Gasteiger partial charge in [0, 0.05) is 42.0 Å². The molecule has 1 heterocycles. The van der Waals surface area contributed by atoms with Gasteiger partial charge in [-0.1, -0.05) is 65.7 Å². The quantitative estimate of drug-likeness (QED) is 0.0605. The van der Waals surface area contributed by atoms with Crippen molar-refractivity contribution in [2.45, 2.75) is 96.3 Å². The minimum Gasteiger partial charge on any atom is -0.491 e. The lowest BCUT2D eigenvalue weighted by atomic mass is 10.1. The molecule has 0 aromatic heterocycles. The smallest absolute Gasteiger partial charge is 0.171 e. The van der Waals surface area contributed by atoms with Gasteiger partial charge in [-0.05, 0) is 66.7 Å². The maximum atomic E-state index is 6.12. The summed E-state index contributed by atoms with van der Waals surface area (Å²) in [6, 6.07) is 12.5. The van der Waals surface area contributed by atoms with Gasteiger partial charge < -0.3 is 9.64 Å². The number of anilines is 2. The molecule has 8 heteroatoms. The van der Waals surface area contributed by atoms with Gasteiger partial charge >= 0.3 is 0 Å². The summed E-state index contributed by atoms with van der Waals surface area (Å²) in [5.41, 5.74) is 9.94. The summed E-state index contributed by atoms with van der Waals surface area (Å²) in [7, 11) is 0. The molecule has 0 radical (unpaired) electrons. The molecule has 2 N–H and O–H groups in total. The van der Waals surface area contributed by atoms with Gasteiger partial charge in [0.05, 0.1) is 18.6 Å². The van der Waals surface area contributed by atoms with E-state index in [1.807, 2.05) is 11.1 Å². The Hall–Kier alpha value is -2.13. The van der Waals surface area contributed by atoms with E-state index in [4.69, 9.17) is 19.6 Å². The van der Waals surface area contributed by atoms with Gasteiger partial charge in [0.15, 0.2) is 11.4 Å². The molecule has 0 atom stereocenters. The van der Waals surface area contributed by atoms with Crippen LogP contribution in [0.15, 0.2) is 46.4 Å². The monoisotopic (exact) mass is 543 g/mol. The molecule has 1 aliphatic heterocycles. The first-order chi connectivity index (χ1) is 18.7. The highest BCUT2D eigenvalue weighted by Gasteiger charge is 2.22. The predicted octanol–water partition coefficient (Wildman–Crippen LogP) is 7.74. The van der Waals surface area contributed by atoms with E-state index in [-0.39, 0.29) is 0 Å². The van der Waals surface area contributed by atoms with Gasteiger partial charge in [0.2, 0.25) is 0 Å². The van der Waals surface area contributed by atoms with Crippen LogP contribution in [-0.2, 0) is 15.7 Å². The molecule has 0 amide bonds. The maximum Gasteiger partial charge on any atom is 0.171 e. The van der Waals surface area contributed by atoms with Gasteiger partial charge in [0.1, 0.15) is 0 Å². The fourth-order valence-corrected chi connectivity index (χ4v) is 5.12. The predicted molar refractivity (Wildman–Crippen MR) is 156 cm³/mol. The topological polar surface area (TPSA) is 72.1 Å². The number of nitrogens with two attached hydrogens (primary N) is 1. The van der Waals surface area contributed by atoms with Crippen LogP contribution in [0.1, 0.15) is 90.5 Å². The zero-order chi connectivity index (χ0) is 27.0. The molecule has 0 aliphatic carbocycles. The molecule has 0 spiro atoms. The Bertz CT molecular complexity index is 967. The lowest BCUT2D eigenvalue weighted by molar-refractivity contribution is -0.360. The van der Waals surface area contributed by atoms with Crippen molar-refractivity contribution < 1.29 is 19.6 Å². The third kappa shape index (κ3) is 9.56. The van der Waals surface area contributed by atoms with Crippen LogP contribution in [0.3, 0.4) is 0 Å². The maximum absolute atomic E-state index is 6.12. The van der Waals surface area contributed by atoms with Crippen LogP contribution in [0.2, 0.25) is 0 Å². The molecule has 2 aromatic carbocycles. The van der Waals surface area contributed by atoms with Crippen LogP contribution in [0.4, 0.5) is 17.1 Å². The lowest BCUT2D eigenvalue weighted by Gasteiger charge is -2.21. The van der Waals surface area contributed by atoms with Crippen molar-refractivity contribution in [2.75, 3.05) is 31.1 Å². The van der Waals surface area contributed by atoms with E-state index in [9.17, 15) is 0 Å². The molecule has 0 fully saturated rings. The van der Waals surface area contributed by atoms with E-state index in [1.54, 1.807) is 0 Å². The van der Waals surface area contributed by atoms with E-state index in [0.717, 1.165) is 74.5 Å². The molecule has 0 saturated carbocycles. The Kier molecular flexibility index (Phi) is 14.0. The summed E-state index contributed by atoms with van der Waals surface area (Å²) >= 11 is 1.27. The highest BCUT2D eigenvalue weighted by atomic mass is 32.2. The zero-order valence-electron chi connectivity index (χ0n) is 23.6. The first-order valence-corrected chi connectivity index (χ1v) is 15.3. The minimum absolute atomic E-state index is 0.686. The second kappa shape index (κ2) is 17.5. The third-order valence-corrected chi connectivity index (χ3v) is 7.46. The number of fused-ring (bicyclic) bond motifs is 1. The number of unbranched alkanes of at least 4 members (excludes halogenated alkanes) is 7. The van der Waals surface area contributed by atoms with Crippen molar-refractivity contribution in [1.29, 1.82) is 0 Å². The molecule has 0 saturated heterocycles. The van der Waals surface area contributed by atoms with Gasteiger partial charge in [-0.3, -0.25) is 0 Å². The normalized spacial score (nSPS) is 12.8. The molecule has 2 aromatic rings. The highest BCUT2D eigenvalue weighted by molar-refractivity contribution is 7.94. The molecule has 210 valence electrons. The van der Waals surface area contributed by atoms with Crippen molar-refractivity contribution >= 4 is 29.1 Å². The summed E-state index contributed by atoms with van der Waals surface area (Å²) in [6.07, 6.45) is 12.8. The SMILES string of the molecule is CCCCCCCCOc1cc(N2CCc3cc(SOON(CCCC)CCCC)ccc32)ccc1N=[NH2+]. The van der Waals surface area contributed by atoms with Gasteiger partial charge in [-0.25, -0.2) is 0 Å². The van der Waals surface area contributed by atoms with Gasteiger partial charge in [-0.2, -0.15) is 10.6 Å². The van der Waals surface area contributed by atoms with E-state index < -0.39 is 0 Å². The van der Waals surface area contributed by atoms with Crippen LogP contribution in [0, 0.1) is 0 Å². The number of hydroxylamine groups is 2. The molecular weight excluding hydrogens is 496 g/mol. The Morgan fingerprint density at radius 1 is 0.895 bits per heavy atom. The van der Waals surface area contributed by atoms with Crippen LogP contribution >= 0.6 is 12.0 Å². The van der Waals surface area contributed by atoms with Crippen molar-refractivity contribution in [3.63, 3.8) is 0 Å². The van der Waals surface area contributed by atoms with Crippen molar-refractivity contribution in [2.24, 2.45) is 5.11 Å². The largest absolute Gasteiger partial charge is 0.491 e. The van der Waals surface area contributed by atoms with Crippen LogP contribution in [-0.4, -0.2) is 31.3 Å². The summed E-state index contributed by atoms with van der Waals surface area (Å²) in [5.74, 6) is 0.750. The number of ether oxygens (including phenoxy) is 1. The van der Waals surface area contributed by atoms with Crippen LogP contribution in [0.5, 0.6) is 5.75 Å². The molecular formula is C30H47N4O3S+. The number of benzene rings is 2. The Morgan fingerprint density at radius 3 is 2.37 bits per heavy atom. The number of hydrogen-bond acceptors (Lipinski definition) is 7. The van der Waals surface area contributed by atoms with Crippen molar-refractivity contribution in [1.82, 2.24) is 5.06 Å². The zero-order valence-corrected chi connectivity index (χ0v) is 24.4. The number of rotatable bonds is 20. The van der Waals surface area contributed by atoms with E-state index in [1.165, 1.54) is 55.4 Å². The summed E-state index contributed by atoms with van der Waals surface area (Å²) < 4.78 is 11.7. The molecule has 7 nitrogen and oxygen atoms in total. The fourth-order valence-electron chi connectivity index (χ4n) is 4.61. The Labute approximate surface area is 233 Å². The minimum atomic E-state index is 0.686. The molecule has 0 bridgehead atoms. The van der Waals surface area contributed by atoms with E-state index >= 15 is 0 Å². The standard InChI is InChI=1S/C30H46N4O3S/c1-4-7-10-11-12-13-22-35-30-24-26(14-16-28(30)32-31)34-21-18-25-23-27(15-17-29(25)34)38-37-36-33(19-8-5-2)20-9-6-3/h14-17,23-24,31H,4-13,18-22H2,1-3H3/p+1. The third-order valence-electron chi connectivity index (χ3n) is 6.88. The Balaban J connectivity index is 1.56. The van der Waals surface area contributed by atoms with Gasteiger partial charge in [-0.15, -0.1) is 9.32 Å². The highest BCUT2D eigenvalue weighted by Crippen LogP contribution is 2.40. The summed E-state index contributed by atoms with van der Waals surface area (Å²) in [5, 5.41) is 5.86. The van der Waals surface area contributed by atoms with E-state index in [0.29, 0.717) is 12.3 Å². The fraction of sp³-hybridized carbons (Fsp3) is 0.600. The molecule has 1 aliphatic rings. The lowest BCUT2D eigenvalue weighted by Crippen LogP contribution is -2.25. The average molecular weight is 544 g/mol. The molecule has 0 unspecified atom stereocenters. The summed E-state index contributed by atoms with van der Waals surface area (Å²) in [6.45, 7) is 9.99. The first-order valence-electron chi connectivity index (χ1n) is 14.5. The second-order valence-corrected chi connectivity index (χ2v) is 10.7. The Morgan fingerprint density at radius 2 is 1.63 bits per heavy atom. The van der Waals surface area contributed by atoms with Gasteiger partial charge in [0.25, 0.3) is 0 Å². The van der Waals surface area contributed by atoms with Crippen molar-refractivity contribution in [3.05, 3.63) is 42.0 Å². The number of hydrogen-bond donors (Lipinski definition) is 1. The van der Waals surface area contributed by atoms with Crippen LogP contribution < -0.4 is 15.2 Å². The molecule has 38 heavy (non-hydrogen) atoms.